The lowest BCUT2D eigenvalue weighted by Gasteiger charge is -2.29. The van der Waals surface area contributed by atoms with Crippen LogP contribution >= 0.6 is 11.3 Å². The fourth-order valence-corrected chi connectivity index (χ4v) is 6.32. The minimum Gasteiger partial charge on any atom is -0.447 e. The van der Waals surface area contributed by atoms with Gasteiger partial charge in [0.25, 0.3) is 0 Å². The molecule has 3 rings (SSSR count). The highest BCUT2D eigenvalue weighted by atomic mass is 32.2. The molecule has 8 nitrogen and oxygen atoms in total. The molecule has 0 spiro atoms. The monoisotopic (exact) mass is 494 g/mol. The molecule has 10 heteroatoms. The van der Waals surface area contributed by atoms with Crippen LogP contribution in [-0.2, 0) is 14.8 Å². The molecule has 1 aromatic heterocycles. The summed E-state index contributed by atoms with van der Waals surface area (Å²) in [5.74, 6) is 0.711. The van der Waals surface area contributed by atoms with E-state index >= 15 is 0 Å². The van der Waals surface area contributed by atoms with Gasteiger partial charge in [-0.3, -0.25) is 5.32 Å². The van der Waals surface area contributed by atoms with Crippen LogP contribution in [0.2, 0.25) is 0 Å². The summed E-state index contributed by atoms with van der Waals surface area (Å²) in [5.41, 5.74) is 0.219. The molecule has 0 aliphatic carbocycles. The molecule has 1 saturated heterocycles. The van der Waals surface area contributed by atoms with E-state index in [-0.39, 0.29) is 11.0 Å². The van der Waals surface area contributed by atoms with E-state index in [4.69, 9.17) is 4.74 Å². The van der Waals surface area contributed by atoms with Crippen molar-refractivity contribution in [2.45, 2.75) is 70.9 Å². The number of anilines is 2. The Morgan fingerprint density at radius 1 is 1.24 bits per heavy atom. The second-order valence-corrected chi connectivity index (χ2v) is 12.5. The van der Waals surface area contributed by atoms with E-state index in [0.717, 1.165) is 35.9 Å². The summed E-state index contributed by atoms with van der Waals surface area (Å²) in [7, 11) is -3.88. The quantitative estimate of drug-likeness (QED) is 0.581. The molecule has 2 N–H and O–H groups in total. The third-order valence-corrected chi connectivity index (χ3v) is 8.00. The standard InChI is InChI=1S/C23H34N4O4S2/c1-15(2)31-22(28)25-17-7-8-18(20(13-17)33(29,30)26-23(4,5)6)19-14-24-21(32-19)27-11-9-16(3)10-12-27/h7-8,13-16,26H,9-12H2,1-6H3,(H,25,28). The van der Waals surface area contributed by atoms with Crippen LogP contribution in [0.1, 0.15) is 54.4 Å². The summed E-state index contributed by atoms with van der Waals surface area (Å²) in [6, 6.07) is 4.85. The third-order valence-electron chi connectivity index (χ3n) is 5.11. The number of nitrogens with zero attached hydrogens (tertiary/aromatic N) is 2. The molecule has 0 bridgehead atoms. The fraction of sp³-hybridized carbons (Fsp3) is 0.565. The Morgan fingerprint density at radius 3 is 2.52 bits per heavy atom. The number of carbonyl (C=O) groups is 1. The number of ether oxygens (including phenoxy) is 1. The lowest BCUT2D eigenvalue weighted by Crippen LogP contribution is -2.40. The first-order chi connectivity index (χ1) is 15.3. The number of amides is 1. The maximum atomic E-state index is 13.3. The summed E-state index contributed by atoms with van der Waals surface area (Å²) >= 11 is 1.48. The normalized spacial score (nSPS) is 15.7. The largest absolute Gasteiger partial charge is 0.447 e. The molecule has 0 radical (unpaired) electrons. The van der Waals surface area contributed by atoms with Crippen LogP contribution in [0.4, 0.5) is 15.6 Å². The van der Waals surface area contributed by atoms with Crippen molar-refractivity contribution in [1.82, 2.24) is 9.71 Å². The average Bonchev–Trinajstić information content (AvgIpc) is 3.16. The van der Waals surface area contributed by atoms with Gasteiger partial charge in [-0.25, -0.2) is 22.9 Å². The molecule has 1 fully saturated rings. The number of aromatic nitrogens is 1. The van der Waals surface area contributed by atoms with Crippen molar-refractivity contribution in [2.24, 2.45) is 5.92 Å². The molecule has 0 unspecified atom stereocenters. The van der Waals surface area contributed by atoms with Gasteiger partial charge in [-0.15, -0.1) is 0 Å². The van der Waals surface area contributed by atoms with Crippen molar-refractivity contribution in [3.63, 3.8) is 0 Å². The fourth-order valence-electron chi connectivity index (χ4n) is 3.58. The molecule has 182 valence electrons. The van der Waals surface area contributed by atoms with Crippen molar-refractivity contribution in [3.8, 4) is 10.4 Å². The zero-order chi connectivity index (χ0) is 24.4. The van der Waals surface area contributed by atoms with Crippen molar-refractivity contribution in [1.29, 1.82) is 0 Å². The Morgan fingerprint density at radius 2 is 1.91 bits per heavy atom. The Hall–Kier alpha value is -2.17. The number of hydrogen-bond acceptors (Lipinski definition) is 7. The zero-order valence-electron chi connectivity index (χ0n) is 20.1. The molecular formula is C23H34N4O4S2. The molecule has 0 atom stereocenters. The average molecular weight is 495 g/mol. The Bertz CT molecular complexity index is 1080. The summed E-state index contributed by atoms with van der Waals surface area (Å²) in [4.78, 5) is 19.7. The van der Waals surface area contributed by atoms with Gasteiger partial charge in [0.15, 0.2) is 5.13 Å². The van der Waals surface area contributed by atoms with E-state index in [1.165, 1.54) is 17.4 Å². The van der Waals surface area contributed by atoms with Crippen molar-refractivity contribution < 1.29 is 17.9 Å². The number of nitrogens with one attached hydrogen (secondary N) is 2. The molecule has 1 aromatic carbocycles. The minimum absolute atomic E-state index is 0.0854. The molecule has 0 saturated carbocycles. The van der Waals surface area contributed by atoms with E-state index in [1.807, 2.05) is 0 Å². The highest BCUT2D eigenvalue weighted by molar-refractivity contribution is 7.89. The van der Waals surface area contributed by atoms with Crippen molar-refractivity contribution >= 4 is 38.3 Å². The predicted molar refractivity (Wildman–Crippen MR) is 133 cm³/mol. The maximum Gasteiger partial charge on any atom is 0.411 e. The van der Waals surface area contributed by atoms with Gasteiger partial charge in [0, 0.05) is 36.1 Å². The van der Waals surface area contributed by atoms with Gasteiger partial charge in [0.05, 0.1) is 15.9 Å². The van der Waals surface area contributed by atoms with Gasteiger partial charge in [-0.1, -0.05) is 24.3 Å². The topological polar surface area (TPSA) is 101 Å². The van der Waals surface area contributed by atoms with E-state index in [2.05, 4.69) is 26.8 Å². The second kappa shape index (κ2) is 9.99. The molecule has 1 aliphatic rings. The summed E-state index contributed by atoms with van der Waals surface area (Å²) in [6.07, 6.45) is 3.05. The van der Waals surface area contributed by atoms with Gasteiger partial charge < -0.3 is 9.64 Å². The molecule has 1 amide bonds. The molecular weight excluding hydrogens is 460 g/mol. The van der Waals surface area contributed by atoms with Gasteiger partial charge in [0.1, 0.15) is 0 Å². The highest BCUT2D eigenvalue weighted by Crippen LogP contribution is 2.37. The van der Waals surface area contributed by atoms with E-state index in [0.29, 0.717) is 17.2 Å². The summed E-state index contributed by atoms with van der Waals surface area (Å²) in [6.45, 7) is 13.0. The minimum atomic E-state index is -3.88. The Kier molecular flexibility index (Phi) is 7.70. The van der Waals surface area contributed by atoms with Crippen LogP contribution in [-0.4, -0.2) is 44.2 Å². The van der Waals surface area contributed by atoms with Crippen LogP contribution in [0, 0.1) is 5.92 Å². The molecule has 2 heterocycles. The number of sulfonamides is 1. The third kappa shape index (κ3) is 6.91. The first-order valence-corrected chi connectivity index (χ1v) is 13.5. The predicted octanol–water partition coefficient (Wildman–Crippen LogP) is 5.08. The van der Waals surface area contributed by atoms with E-state index < -0.39 is 21.7 Å². The lowest BCUT2D eigenvalue weighted by atomic mass is 10.00. The van der Waals surface area contributed by atoms with Gasteiger partial charge in [-0.05, 0) is 65.5 Å². The Balaban J connectivity index is 1.97. The van der Waals surface area contributed by atoms with Crippen LogP contribution in [0.5, 0.6) is 0 Å². The number of piperidine rings is 1. The van der Waals surface area contributed by atoms with Crippen LogP contribution in [0.15, 0.2) is 29.3 Å². The number of hydrogen-bond donors (Lipinski definition) is 2. The molecule has 33 heavy (non-hydrogen) atoms. The van der Waals surface area contributed by atoms with Crippen molar-refractivity contribution in [3.05, 3.63) is 24.4 Å². The number of thiazole rings is 1. The summed E-state index contributed by atoms with van der Waals surface area (Å²) in [5, 5.41) is 3.51. The number of rotatable bonds is 6. The Labute approximate surface area is 200 Å². The lowest BCUT2D eigenvalue weighted by molar-refractivity contribution is 0.130. The van der Waals surface area contributed by atoms with E-state index in [9.17, 15) is 13.2 Å². The number of benzene rings is 1. The first kappa shape index (κ1) is 25.5. The maximum absolute atomic E-state index is 13.3. The van der Waals surface area contributed by atoms with Gasteiger partial charge in [-0.2, -0.15) is 0 Å². The number of carbonyl (C=O) groups excluding carboxylic acids is 1. The smallest absolute Gasteiger partial charge is 0.411 e. The van der Waals surface area contributed by atoms with Gasteiger partial charge in [0.2, 0.25) is 10.0 Å². The van der Waals surface area contributed by atoms with Crippen LogP contribution in [0.3, 0.4) is 0 Å². The summed E-state index contributed by atoms with van der Waals surface area (Å²) < 4.78 is 34.5. The molecule has 2 aromatic rings. The van der Waals surface area contributed by atoms with Crippen LogP contribution < -0.4 is 14.9 Å². The molecule has 1 aliphatic heterocycles. The van der Waals surface area contributed by atoms with Gasteiger partial charge >= 0.3 is 6.09 Å². The van der Waals surface area contributed by atoms with Crippen molar-refractivity contribution in [2.75, 3.05) is 23.3 Å². The van der Waals surface area contributed by atoms with E-state index in [1.54, 1.807) is 52.9 Å². The second-order valence-electron chi connectivity index (χ2n) is 9.82. The first-order valence-electron chi connectivity index (χ1n) is 11.2. The zero-order valence-corrected chi connectivity index (χ0v) is 21.8. The highest BCUT2D eigenvalue weighted by Gasteiger charge is 2.27. The van der Waals surface area contributed by atoms with Crippen LogP contribution in [0.25, 0.3) is 10.4 Å². The SMILES string of the molecule is CC1CCN(c2ncc(-c3ccc(NC(=O)OC(C)C)cc3S(=O)(=O)NC(C)(C)C)s2)CC1.